The molecule has 2 aromatic heterocycles. The van der Waals surface area contributed by atoms with E-state index in [1.807, 2.05) is 30.3 Å². The Labute approximate surface area is 121 Å². The van der Waals surface area contributed by atoms with Crippen molar-refractivity contribution >= 4 is 28.3 Å². The van der Waals surface area contributed by atoms with Crippen LogP contribution in [0, 0.1) is 0 Å². The number of rotatable bonds is 3. The topological polar surface area (TPSA) is 79.8 Å². The third-order valence-corrected chi connectivity index (χ3v) is 2.99. The van der Waals surface area contributed by atoms with Crippen LogP contribution in [-0.2, 0) is 0 Å². The molecular weight excluding hydrogens is 266 g/mol. The third-order valence-electron chi connectivity index (χ3n) is 2.99. The van der Waals surface area contributed by atoms with Gasteiger partial charge in [0.15, 0.2) is 0 Å². The highest BCUT2D eigenvalue weighted by molar-refractivity contribution is 6.03. The normalized spacial score (nSPS) is 10.3. The molecule has 1 aromatic carbocycles. The monoisotopic (exact) mass is 279 g/mol. The first-order valence-electron chi connectivity index (χ1n) is 6.42. The van der Waals surface area contributed by atoms with E-state index in [1.54, 1.807) is 13.2 Å². The largest absolute Gasteiger partial charge is 0.372 e. The maximum Gasteiger partial charge on any atom is 0.275 e. The minimum atomic E-state index is -0.317. The molecule has 2 heterocycles. The van der Waals surface area contributed by atoms with Crippen LogP contribution in [0.25, 0.3) is 10.9 Å². The predicted molar refractivity (Wildman–Crippen MR) is 81.3 cm³/mol. The molecule has 0 aliphatic rings. The number of anilines is 2. The molecule has 0 atom stereocenters. The van der Waals surface area contributed by atoms with Crippen LogP contribution in [0.15, 0.2) is 48.9 Å². The minimum absolute atomic E-state index is 0.252. The van der Waals surface area contributed by atoms with Crippen LogP contribution in [0.4, 0.5) is 11.5 Å². The van der Waals surface area contributed by atoms with E-state index in [4.69, 9.17) is 0 Å². The van der Waals surface area contributed by atoms with Gasteiger partial charge in [-0.1, -0.05) is 18.2 Å². The number of carbonyl (C=O) groups is 1. The van der Waals surface area contributed by atoms with Crippen molar-refractivity contribution in [1.82, 2.24) is 15.0 Å². The van der Waals surface area contributed by atoms with E-state index in [0.29, 0.717) is 11.5 Å². The van der Waals surface area contributed by atoms with Gasteiger partial charge in [0.1, 0.15) is 11.5 Å². The van der Waals surface area contributed by atoms with E-state index >= 15 is 0 Å². The maximum absolute atomic E-state index is 12.1. The number of nitrogens with zero attached hydrogens (tertiary/aromatic N) is 3. The fourth-order valence-electron chi connectivity index (χ4n) is 1.91. The zero-order chi connectivity index (χ0) is 14.7. The molecule has 1 amide bonds. The number of amides is 1. The first-order chi connectivity index (χ1) is 10.3. The Balaban J connectivity index is 1.81. The number of hydrogen-bond acceptors (Lipinski definition) is 5. The van der Waals surface area contributed by atoms with E-state index in [1.165, 1.54) is 12.4 Å². The van der Waals surface area contributed by atoms with Gasteiger partial charge in [0, 0.05) is 12.4 Å². The van der Waals surface area contributed by atoms with Crippen molar-refractivity contribution in [2.24, 2.45) is 0 Å². The summed E-state index contributed by atoms with van der Waals surface area (Å²) >= 11 is 0. The molecule has 0 aliphatic heterocycles. The summed E-state index contributed by atoms with van der Waals surface area (Å²) in [6.45, 7) is 0. The fourth-order valence-corrected chi connectivity index (χ4v) is 1.91. The van der Waals surface area contributed by atoms with Gasteiger partial charge < -0.3 is 10.6 Å². The molecule has 0 fully saturated rings. The number of para-hydroxylation sites is 1. The Morgan fingerprint density at radius 1 is 1.05 bits per heavy atom. The molecule has 6 heteroatoms. The highest BCUT2D eigenvalue weighted by atomic mass is 16.1. The Hall–Kier alpha value is -3.02. The molecule has 6 nitrogen and oxygen atoms in total. The second-order valence-corrected chi connectivity index (χ2v) is 4.41. The van der Waals surface area contributed by atoms with Crippen molar-refractivity contribution in [2.45, 2.75) is 0 Å². The van der Waals surface area contributed by atoms with Gasteiger partial charge in [0.25, 0.3) is 5.91 Å². The van der Waals surface area contributed by atoms with Gasteiger partial charge in [-0.2, -0.15) is 0 Å². The molecule has 3 aromatic rings. The molecule has 0 unspecified atom stereocenters. The predicted octanol–water partition coefficient (Wildman–Crippen LogP) is 2.32. The van der Waals surface area contributed by atoms with Crippen molar-refractivity contribution in [3.05, 3.63) is 54.6 Å². The van der Waals surface area contributed by atoms with E-state index < -0.39 is 0 Å². The lowest BCUT2D eigenvalue weighted by Crippen LogP contribution is -2.14. The second kappa shape index (κ2) is 5.54. The van der Waals surface area contributed by atoms with E-state index in [2.05, 4.69) is 25.6 Å². The van der Waals surface area contributed by atoms with Crippen molar-refractivity contribution < 1.29 is 4.79 Å². The van der Waals surface area contributed by atoms with Crippen LogP contribution in [0.1, 0.15) is 10.5 Å². The first-order valence-corrected chi connectivity index (χ1v) is 6.42. The summed E-state index contributed by atoms with van der Waals surface area (Å²) in [5, 5.41) is 6.58. The molecule has 0 bridgehead atoms. The highest BCUT2D eigenvalue weighted by Crippen LogP contribution is 2.16. The standard InChI is InChI=1S/C15H13N5O/c1-16-14-9-18-13(8-19-14)15(21)20-11-6-10-4-2-3-5-12(10)17-7-11/h2-9H,1H3,(H,16,19)(H,20,21). The lowest BCUT2D eigenvalue weighted by atomic mass is 10.2. The molecule has 0 spiro atoms. The quantitative estimate of drug-likeness (QED) is 0.769. The van der Waals surface area contributed by atoms with Crippen LogP contribution >= 0.6 is 0 Å². The van der Waals surface area contributed by atoms with Crippen LogP contribution in [0.5, 0.6) is 0 Å². The summed E-state index contributed by atoms with van der Waals surface area (Å²) in [5.41, 5.74) is 1.76. The Kier molecular flexibility index (Phi) is 3.42. The summed E-state index contributed by atoms with van der Waals surface area (Å²) in [6.07, 6.45) is 4.55. The summed E-state index contributed by atoms with van der Waals surface area (Å²) in [6, 6.07) is 9.59. The zero-order valence-electron chi connectivity index (χ0n) is 11.4. The minimum Gasteiger partial charge on any atom is -0.372 e. The molecule has 104 valence electrons. The molecule has 21 heavy (non-hydrogen) atoms. The first kappa shape index (κ1) is 13.0. The third kappa shape index (κ3) is 2.79. The van der Waals surface area contributed by atoms with Gasteiger partial charge in [-0.05, 0) is 12.1 Å². The average molecular weight is 279 g/mol. The number of fused-ring (bicyclic) bond motifs is 1. The van der Waals surface area contributed by atoms with Crippen LogP contribution in [0.3, 0.4) is 0 Å². The van der Waals surface area contributed by atoms with Crippen molar-refractivity contribution in [1.29, 1.82) is 0 Å². The molecule has 0 saturated heterocycles. The lowest BCUT2D eigenvalue weighted by molar-refractivity contribution is 0.102. The summed E-state index contributed by atoms with van der Waals surface area (Å²) in [4.78, 5) is 24.5. The smallest absolute Gasteiger partial charge is 0.275 e. The summed E-state index contributed by atoms with van der Waals surface area (Å²) in [5.74, 6) is 0.293. The van der Waals surface area contributed by atoms with Gasteiger partial charge in [-0.3, -0.25) is 9.78 Å². The number of carbonyl (C=O) groups excluding carboxylic acids is 1. The molecular formula is C15H13N5O. The average Bonchev–Trinajstić information content (AvgIpc) is 2.55. The maximum atomic E-state index is 12.1. The number of hydrogen-bond donors (Lipinski definition) is 2. The van der Waals surface area contributed by atoms with Crippen LogP contribution in [0.2, 0.25) is 0 Å². The Morgan fingerprint density at radius 2 is 1.90 bits per heavy atom. The zero-order valence-corrected chi connectivity index (χ0v) is 11.4. The molecule has 2 N–H and O–H groups in total. The molecule has 0 aliphatic carbocycles. The fraction of sp³-hybridized carbons (Fsp3) is 0.0667. The van der Waals surface area contributed by atoms with Gasteiger partial charge >= 0.3 is 0 Å². The summed E-state index contributed by atoms with van der Waals surface area (Å²) in [7, 11) is 1.74. The number of nitrogens with one attached hydrogen (secondary N) is 2. The Bertz CT molecular complexity index is 785. The van der Waals surface area contributed by atoms with Crippen molar-refractivity contribution in [3.8, 4) is 0 Å². The van der Waals surface area contributed by atoms with Gasteiger partial charge in [0.05, 0.1) is 29.8 Å². The van der Waals surface area contributed by atoms with Gasteiger partial charge in [-0.25, -0.2) is 9.97 Å². The number of pyridine rings is 1. The lowest BCUT2D eigenvalue weighted by Gasteiger charge is -2.06. The van der Waals surface area contributed by atoms with E-state index in [9.17, 15) is 4.79 Å². The van der Waals surface area contributed by atoms with E-state index in [0.717, 1.165) is 10.9 Å². The van der Waals surface area contributed by atoms with Crippen LogP contribution < -0.4 is 10.6 Å². The number of benzene rings is 1. The van der Waals surface area contributed by atoms with Crippen molar-refractivity contribution in [2.75, 3.05) is 17.7 Å². The molecule has 0 saturated carbocycles. The SMILES string of the molecule is CNc1cnc(C(=O)Nc2cnc3ccccc3c2)cn1. The Morgan fingerprint density at radius 3 is 2.67 bits per heavy atom. The van der Waals surface area contributed by atoms with Gasteiger partial charge in [0.2, 0.25) is 0 Å². The highest BCUT2D eigenvalue weighted by Gasteiger charge is 2.09. The summed E-state index contributed by atoms with van der Waals surface area (Å²) < 4.78 is 0. The molecule has 0 radical (unpaired) electrons. The van der Waals surface area contributed by atoms with Gasteiger partial charge in [-0.15, -0.1) is 0 Å². The number of aromatic nitrogens is 3. The van der Waals surface area contributed by atoms with E-state index in [-0.39, 0.29) is 11.6 Å². The van der Waals surface area contributed by atoms with Crippen molar-refractivity contribution in [3.63, 3.8) is 0 Å². The second-order valence-electron chi connectivity index (χ2n) is 4.41. The van der Waals surface area contributed by atoms with Crippen LogP contribution in [-0.4, -0.2) is 27.9 Å². The molecule has 3 rings (SSSR count).